The molecule has 122 valence electrons. The second kappa shape index (κ2) is 7.49. The molecule has 4 nitrogen and oxygen atoms in total. The summed E-state index contributed by atoms with van der Waals surface area (Å²) in [5.41, 5.74) is 3.03. The Morgan fingerprint density at radius 3 is 2.91 bits per heavy atom. The molecule has 1 aliphatic heterocycles. The standard InChI is InChI=1S/C19H23NO3/c1-14(16-6-4-5-15(11-16)12-21)20-18-7-2-3-8-19(18)23-17-9-10-22-13-17/h2-8,11,14,17,20-21H,9-10,12-13H2,1H3. The van der Waals surface area contributed by atoms with Gasteiger partial charge in [0.15, 0.2) is 0 Å². The highest BCUT2D eigenvalue weighted by molar-refractivity contribution is 5.57. The molecule has 1 fully saturated rings. The van der Waals surface area contributed by atoms with Gasteiger partial charge in [-0.05, 0) is 30.2 Å². The highest BCUT2D eigenvalue weighted by Gasteiger charge is 2.19. The molecule has 23 heavy (non-hydrogen) atoms. The van der Waals surface area contributed by atoms with Crippen LogP contribution >= 0.6 is 0 Å². The topological polar surface area (TPSA) is 50.7 Å². The van der Waals surface area contributed by atoms with E-state index in [1.807, 2.05) is 42.5 Å². The van der Waals surface area contributed by atoms with Crippen molar-refractivity contribution in [2.45, 2.75) is 32.1 Å². The highest BCUT2D eigenvalue weighted by atomic mass is 16.5. The third-order valence-corrected chi connectivity index (χ3v) is 4.07. The Labute approximate surface area is 137 Å². The average molecular weight is 313 g/mol. The van der Waals surface area contributed by atoms with Crippen molar-refractivity contribution in [3.8, 4) is 5.75 Å². The van der Waals surface area contributed by atoms with Crippen LogP contribution < -0.4 is 10.1 Å². The van der Waals surface area contributed by atoms with Gasteiger partial charge in [0.05, 0.1) is 25.5 Å². The van der Waals surface area contributed by atoms with Crippen molar-refractivity contribution in [1.82, 2.24) is 0 Å². The molecule has 2 atom stereocenters. The normalized spacial score (nSPS) is 18.6. The molecule has 2 unspecified atom stereocenters. The first-order valence-electron chi connectivity index (χ1n) is 8.06. The number of aliphatic hydroxyl groups excluding tert-OH is 1. The summed E-state index contributed by atoms with van der Waals surface area (Å²) in [6.45, 7) is 3.58. The lowest BCUT2D eigenvalue weighted by molar-refractivity contribution is 0.142. The van der Waals surface area contributed by atoms with E-state index < -0.39 is 0 Å². The van der Waals surface area contributed by atoms with Gasteiger partial charge in [-0.15, -0.1) is 0 Å². The number of nitrogens with one attached hydrogen (secondary N) is 1. The van der Waals surface area contributed by atoms with Gasteiger partial charge >= 0.3 is 0 Å². The van der Waals surface area contributed by atoms with E-state index in [2.05, 4.69) is 18.3 Å². The molecule has 1 aliphatic rings. The molecular weight excluding hydrogens is 290 g/mol. The molecule has 0 bridgehead atoms. The molecule has 1 heterocycles. The number of hydrogen-bond acceptors (Lipinski definition) is 4. The van der Waals surface area contributed by atoms with Gasteiger partial charge in [-0.3, -0.25) is 0 Å². The van der Waals surface area contributed by atoms with Gasteiger partial charge in [0, 0.05) is 12.5 Å². The second-order valence-corrected chi connectivity index (χ2v) is 5.87. The summed E-state index contributed by atoms with van der Waals surface area (Å²) in [4.78, 5) is 0. The molecule has 3 rings (SSSR count). The summed E-state index contributed by atoms with van der Waals surface area (Å²) >= 11 is 0. The second-order valence-electron chi connectivity index (χ2n) is 5.87. The molecule has 0 aromatic heterocycles. The minimum atomic E-state index is 0.0575. The van der Waals surface area contributed by atoms with E-state index >= 15 is 0 Å². The zero-order valence-corrected chi connectivity index (χ0v) is 13.4. The van der Waals surface area contributed by atoms with Crippen molar-refractivity contribution in [2.24, 2.45) is 0 Å². The number of ether oxygens (including phenoxy) is 2. The van der Waals surface area contributed by atoms with Crippen LogP contribution in [0.5, 0.6) is 5.75 Å². The smallest absolute Gasteiger partial charge is 0.142 e. The highest BCUT2D eigenvalue weighted by Crippen LogP contribution is 2.30. The van der Waals surface area contributed by atoms with Gasteiger partial charge in [0.1, 0.15) is 11.9 Å². The summed E-state index contributed by atoms with van der Waals surface area (Å²) in [5.74, 6) is 0.855. The van der Waals surface area contributed by atoms with E-state index in [0.29, 0.717) is 6.61 Å². The molecule has 2 aromatic carbocycles. The third-order valence-electron chi connectivity index (χ3n) is 4.07. The predicted molar refractivity (Wildman–Crippen MR) is 90.7 cm³/mol. The lowest BCUT2D eigenvalue weighted by Gasteiger charge is -2.20. The number of rotatable bonds is 6. The van der Waals surface area contributed by atoms with Crippen LogP contribution in [0.15, 0.2) is 48.5 Å². The van der Waals surface area contributed by atoms with E-state index in [1.165, 1.54) is 0 Å². The fourth-order valence-corrected chi connectivity index (χ4v) is 2.75. The number of para-hydroxylation sites is 2. The van der Waals surface area contributed by atoms with Crippen LogP contribution in [-0.4, -0.2) is 24.4 Å². The molecule has 0 spiro atoms. The summed E-state index contributed by atoms with van der Waals surface area (Å²) < 4.78 is 11.4. The first-order valence-corrected chi connectivity index (χ1v) is 8.06. The van der Waals surface area contributed by atoms with Crippen molar-refractivity contribution in [3.63, 3.8) is 0 Å². The van der Waals surface area contributed by atoms with Crippen LogP contribution in [0.25, 0.3) is 0 Å². The van der Waals surface area contributed by atoms with Gasteiger partial charge in [-0.2, -0.15) is 0 Å². The molecule has 0 saturated carbocycles. The molecule has 0 amide bonds. The SMILES string of the molecule is CC(Nc1ccccc1OC1CCOC1)c1cccc(CO)c1. The van der Waals surface area contributed by atoms with E-state index in [4.69, 9.17) is 9.47 Å². The Bertz CT molecular complexity index is 638. The summed E-state index contributed by atoms with van der Waals surface area (Å²) in [6, 6.07) is 16.1. The van der Waals surface area contributed by atoms with Crippen molar-refractivity contribution < 1.29 is 14.6 Å². The monoisotopic (exact) mass is 313 g/mol. The quantitative estimate of drug-likeness (QED) is 0.857. The zero-order valence-electron chi connectivity index (χ0n) is 13.4. The largest absolute Gasteiger partial charge is 0.486 e. The fourth-order valence-electron chi connectivity index (χ4n) is 2.75. The Morgan fingerprint density at radius 2 is 2.13 bits per heavy atom. The first kappa shape index (κ1) is 15.8. The lowest BCUT2D eigenvalue weighted by Crippen LogP contribution is -2.17. The zero-order chi connectivity index (χ0) is 16.1. The Morgan fingerprint density at radius 1 is 1.26 bits per heavy atom. The van der Waals surface area contributed by atoms with E-state index in [9.17, 15) is 5.11 Å². The Kier molecular flexibility index (Phi) is 5.16. The number of hydrogen-bond donors (Lipinski definition) is 2. The maximum atomic E-state index is 9.28. The molecule has 1 saturated heterocycles. The summed E-state index contributed by atoms with van der Waals surface area (Å²) in [5, 5.41) is 12.8. The summed E-state index contributed by atoms with van der Waals surface area (Å²) in [7, 11) is 0. The minimum Gasteiger partial charge on any atom is -0.486 e. The fraction of sp³-hybridized carbons (Fsp3) is 0.368. The van der Waals surface area contributed by atoms with Gasteiger partial charge in [-0.25, -0.2) is 0 Å². The van der Waals surface area contributed by atoms with E-state index in [0.717, 1.165) is 35.6 Å². The molecule has 0 aliphatic carbocycles. The van der Waals surface area contributed by atoms with E-state index in [-0.39, 0.29) is 18.8 Å². The van der Waals surface area contributed by atoms with Gasteiger partial charge in [-0.1, -0.05) is 36.4 Å². The summed E-state index contributed by atoms with van der Waals surface area (Å²) in [6.07, 6.45) is 1.06. The first-order chi connectivity index (χ1) is 11.3. The Hall–Kier alpha value is -2.04. The maximum Gasteiger partial charge on any atom is 0.142 e. The van der Waals surface area contributed by atoms with Crippen molar-refractivity contribution in [3.05, 3.63) is 59.7 Å². The average Bonchev–Trinajstić information content (AvgIpc) is 3.09. The number of benzene rings is 2. The number of aliphatic hydroxyl groups is 1. The van der Waals surface area contributed by atoms with Crippen LogP contribution in [0.3, 0.4) is 0 Å². The number of anilines is 1. The molecular formula is C19H23NO3. The lowest BCUT2D eigenvalue weighted by atomic mass is 10.1. The van der Waals surface area contributed by atoms with Crippen LogP contribution in [0.4, 0.5) is 5.69 Å². The Balaban J connectivity index is 1.73. The van der Waals surface area contributed by atoms with Crippen molar-refractivity contribution in [2.75, 3.05) is 18.5 Å². The molecule has 0 radical (unpaired) electrons. The molecule has 2 N–H and O–H groups in total. The third kappa shape index (κ3) is 4.03. The van der Waals surface area contributed by atoms with Gasteiger partial charge < -0.3 is 19.9 Å². The molecule has 4 heteroatoms. The van der Waals surface area contributed by atoms with Gasteiger partial charge in [0.2, 0.25) is 0 Å². The van der Waals surface area contributed by atoms with Crippen LogP contribution in [0.1, 0.15) is 30.5 Å². The predicted octanol–water partition coefficient (Wildman–Crippen LogP) is 3.52. The van der Waals surface area contributed by atoms with Crippen LogP contribution in [0, 0.1) is 0 Å². The minimum absolute atomic E-state index is 0.0575. The van der Waals surface area contributed by atoms with Crippen LogP contribution in [-0.2, 0) is 11.3 Å². The molecule has 2 aromatic rings. The van der Waals surface area contributed by atoms with E-state index in [1.54, 1.807) is 0 Å². The van der Waals surface area contributed by atoms with Crippen molar-refractivity contribution in [1.29, 1.82) is 0 Å². The van der Waals surface area contributed by atoms with Crippen molar-refractivity contribution >= 4 is 5.69 Å². The maximum absolute atomic E-state index is 9.28. The van der Waals surface area contributed by atoms with Gasteiger partial charge in [0.25, 0.3) is 0 Å². The van der Waals surface area contributed by atoms with Crippen LogP contribution in [0.2, 0.25) is 0 Å².